The number of aromatic nitrogens is 3. The number of ether oxygens (including phenoxy) is 1. The molecule has 3 aromatic carbocycles. The first-order valence-corrected chi connectivity index (χ1v) is 14.4. The number of anilines is 3. The molecule has 0 fully saturated rings. The number of carbonyl (C=O) groups is 2. The summed E-state index contributed by atoms with van der Waals surface area (Å²) in [4.78, 5) is 36.6. The molecule has 7 N–H and O–H groups in total. The molecule has 0 spiro atoms. The van der Waals surface area contributed by atoms with E-state index in [0.29, 0.717) is 22.9 Å². The Bertz CT molecular complexity index is 1830. The molecule has 0 aliphatic carbocycles. The van der Waals surface area contributed by atoms with Crippen molar-refractivity contribution in [2.75, 3.05) is 30.4 Å². The number of phenolic OH excluding ortho intramolecular Hbond substituents is 1. The Hall–Kier alpha value is -5.42. The van der Waals surface area contributed by atoms with Crippen LogP contribution in [-0.4, -0.2) is 65.0 Å². The van der Waals surface area contributed by atoms with E-state index in [1.165, 1.54) is 19.2 Å². The van der Waals surface area contributed by atoms with Crippen LogP contribution in [0, 0.1) is 6.92 Å². The summed E-state index contributed by atoms with van der Waals surface area (Å²) in [5.41, 5.74) is 10.9. The van der Waals surface area contributed by atoms with Gasteiger partial charge in [0.05, 0.1) is 12.8 Å². The second kappa shape index (κ2) is 13.3. The minimum atomic E-state index is -4.84. The van der Waals surface area contributed by atoms with Crippen molar-refractivity contribution in [3.05, 3.63) is 54.4 Å². The van der Waals surface area contributed by atoms with Crippen LogP contribution in [0.15, 0.2) is 63.7 Å². The maximum Gasteiger partial charge on any atom is 0.296 e. The molecule has 16 nitrogen and oxygen atoms in total. The number of methoxy groups -OCH3 is 1. The van der Waals surface area contributed by atoms with Gasteiger partial charge in [0, 0.05) is 37.0 Å². The van der Waals surface area contributed by atoms with E-state index >= 15 is 0 Å². The molecule has 0 atom stereocenters. The predicted molar refractivity (Wildman–Crippen MR) is 160 cm³/mol. The molecule has 2 amide bonds. The summed E-state index contributed by atoms with van der Waals surface area (Å²) < 4.78 is 39.6. The summed E-state index contributed by atoms with van der Waals surface area (Å²) in [6.07, 6.45) is -0.0314. The topological polar surface area (TPSA) is 249 Å². The number of nitrogens with zero attached hydrogens (tertiary/aromatic N) is 6. The Kier molecular flexibility index (Phi) is 9.50. The smallest absolute Gasteiger partial charge is 0.296 e. The van der Waals surface area contributed by atoms with Crippen LogP contribution >= 0.6 is 0 Å². The molecule has 0 radical (unpaired) electrons. The molecule has 4 aromatic rings. The molecule has 230 valence electrons. The minimum Gasteiger partial charge on any atom is -0.505 e. The average Bonchev–Trinajstić information content (AvgIpc) is 2.95. The molecule has 0 bridgehead atoms. The standard InChI is InChI=1S/C27H29N9O7S/c1-15-30-26(33-27(31-15)36(11-9-22(28)37)12-10-23(29)38)32-18-5-8-20-16(13-18)14-21(44(40,41)42)24(25(20)39)35-34-17-3-6-19(43-2)7-4-17/h3-8,13-14,39H,9-12H2,1-2H3,(H2,28,37)(H2,29,38)(H,40,41,42)(H,30,31,32,33). The van der Waals surface area contributed by atoms with Crippen LogP contribution in [-0.2, 0) is 19.7 Å². The number of benzene rings is 3. The second-order valence-electron chi connectivity index (χ2n) is 9.43. The van der Waals surface area contributed by atoms with Gasteiger partial charge >= 0.3 is 0 Å². The lowest BCUT2D eigenvalue weighted by molar-refractivity contribution is -0.118. The van der Waals surface area contributed by atoms with Crippen molar-refractivity contribution >= 4 is 61.7 Å². The Morgan fingerprint density at radius 1 is 0.977 bits per heavy atom. The molecule has 1 aromatic heterocycles. The fraction of sp³-hybridized carbons (Fsp3) is 0.222. The third kappa shape index (κ3) is 7.90. The molecular weight excluding hydrogens is 594 g/mol. The van der Waals surface area contributed by atoms with Gasteiger partial charge in [-0.3, -0.25) is 14.1 Å². The van der Waals surface area contributed by atoms with Gasteiger partial charge in [-0.25, -0.2) is 0 Å². The summed E-state index contributed by atoms with van der Waals surface area (Å²) in [7, 11) is -3.33. The lowest BCUT2D eigenvalue weighted by Gasteiger charge is -2.22. The minimum absolute atomic E-state index is 0.0157. The van der Waals surface area contributed by atoms with Crippen LogP contribution in [0.5, 0.6) is 11.5 Å². The molecule has 1 heterocycles. The predicted octanol–water partition coefficient (Wildman–Crippen LogP) is 3.01. The molecule has 0 unspecified atom stereocenters. The van der Waals surface area contributed by atoms with Crippen LogP contribution in [0.25, 0.3) is 10.8 Å². The van der Waals surface area contributed by atoms with Crippen molar-refractivity contribution in [3.8, 4) is 11.5 Å². The number of carbonyl (C=O) groups excluding carboxylic acids is 2. The highest BCUT2D eigenvalue weighted by atomic mass is 32.2. The van der Waals surface area contributed by atoms with E-state index in [0.717, 1.165) is 6.07 Å². The van der Waals surface area contributed by atoms with Crippen LogP contribution in [0.3, 0.4) is 0 Å². The number of nitrogens with one attached hydrogen (secondary N) is 1. The molecule has 44 heavy (non-hydrogen) atoms. The first-order chi connectivity index (χ1) is 20.8. The highest BCUT2D eigenvalue weighted by molar-refractivity contribution is 7.86. The van der Waals surface area contributed by atoms with E-state index in [2.05, 4.69) is 30.5 Å². The third-order valence-electron chi connectivity index (χ3n) is 6.20. The molecule has 4 rings (SSSR count). The van der Waals surface area contributed by atoms with E-state index in [4.69, 9.17) is 16.2 Å². The Labute approximate surface area is 251 Å². The largest absolute Gasteiger partial charge is 0.505 e. The monoisotopic (exact) mass is 623 g/mol. The van der Waals surface area contributed by atoms with E-state index in [1.54, 1.807) is 42.2 Å². The number of nitrogens with two attached hydrogens (primary N) is 2. The normalized spacial score (nSPS) is 11.5. The number of aromatic hydroxyl groups is 1. The van der Waals surface area contributed by atoms with Gasteiger partial charge in [-0.15, -0.1) is 5.11 Å². The zero-order valence-electron chi connectivity index (χ0n) is 23.6. The van der Waals surface area contributed by atoms with Gasteiger partial charge in [-0.1, -0.05) is 0 Å². The quantitative estimate of drug-likeness (QED) is 0.106. The number of phenols is 1. The van der Waals surface area contributed by atoms with Gasteiger partial charge in [-0.05, 0) is 60.8 Å². The fourth-order valence-electron chi connectivity index (χ4n) is 4.08. The zero-order chi connectivity index (χ0) is 32.0. The van der Waals surface area contributed by atoms with Crippen molar-refractivity contribution in [2.24, 2.45) is 21.7 Å². The van der Waals surface area contributed by atoms with Crippen LogP contribution < -0.4 is 26.4 Å². The third-order valence-corrected chi connectivity index (χ3v) is 7.06. The van der Waals surface area contributed by atoms with Crippen LogP contribution in [0.1, 0.15) is 18.7 Å². The van der Waals surface area contributed by atoms with Gasteiger partial charge in [0.2, 0.25) is 23.7 Å². The second-order valence-corrected chi connectivity index (χ2v) is 10.8. The molecular formula is C27H29N9O7S. The first-order valence-electron chi connectivity index (χ1n) is 13.0. The number of azo groups is 1. The van der Waals surface area contributed by atoms with Crippen LogP contribution in [0.4, 0.5) is 29.0 Å². The number of hydrogen-bond acceptors (Lipinski definition) is 13. The number of aryl methyl sites for hydroxylation is 1. The van der Waals surface area contributed by atoms with Crippen molar-refractivity contribution in [1.29, 1.82) is 0 Å². The van der Waals surface area contributed by atoms with Gasteiger partial charge in [0.25, 0.3) is 10.1 Å². The first kappa shape index (κ1) is 31.5. The van der Waals surface area contributed by atoms with Crippen LogP contribution in [0.2, 0.25) is 0 Å². The van der Waals surface area contributed by atoms with E-state index in [9.17, 15) is 27.7 Å². The van der Waals surface area contributed by atoms with E-state index < -0.39 is 38.3 Å². The molecule has 0 aliphatic heterocycles. The summed E-state index contributed by atoms with van der Waals surface area (Å²) >= 11 is 0. The number of hydrogen-bond donors (Lipinski definition) is 5. The maximum absolute atomic E-state index is 12.3. The van der Waals surface area contributed by atoms with Crippen molar-refractivity contribution < 1.29 is 32.4 Å². The summed E-state index contributed by atoms with van der Waals surface area (Å²) in [6.45, 7) is 1.89. The fourth-order valence-corrected chi connectivity index (χ4v) is 4.73. The average molecular weight is 624 g/mol. The summed E-state index contributed by atoms with van der Waals surface area (Å²) in [5.74, 6) is -0.455. The summed E-state index contributed by atoms with van der Waals surface area (Å²) in [6, 6.07) is 12.2. The molecule has 0 saturated carbocycles. The SMILES string of the molecule is COc1ccc(N=Nc2c(S(=O)(=O)O)cc3cc(Nc4nc(C)nc(N(CCC(N)=O)CCC(N)=O)n4)ccc3c2O)cc1. The lowest BCUT2D eigenvalue weighted by Crippen LogP contribution is -2.33. The lowest BCUT2D eigenvalue weighted by atomic mass is 10.1. The molecule has 17 heteroatoms. The van der Waals surface area contributed by atoms with Gasteiger partial charge in [0.1, 0.15) is 22.2 Å². The highest BCUT2D eigenvalue weighted by Gasteiger charge is 2.22. The Morgan fingerprint density at radius 3 is 2.23 bits per heavy atom. The van der Waals surface area contributed by atoms with Gasteiger partial charge in [0.15, 0.2) is 5.75 Å². The number of rotatable bonds is 13. The number of primary amides is 2. The highest BCUT2D eigenvalue weighted by Crippen LogP contribution is 2.42. The van der Waals surface area contributed by atoms with Crippen molar-refractivity contribution in [3.63, 3.8) is 0 Å². The molecule has 0 aliphatic rings. The van der Waals surface area contributed by atoms with E-state index in [-0.39, 0.29) is 48.6 Å². The zero-order valence-corrected chi connectivity index (χ0v) is 24.4. The Balaban J connectivity index is 1.69. The van der Waals surface area contributed by atoms with E-state index in [1.807, 2.05) is 0 Å². The van der Waals surface area contributed by atoms with Crippen molar-refractivity contribution in [1.82, 2.24) is 15.0 Å². The number of fused-ring (bicyclic) bond motifs is 1. The maximum atomic E-state index is 12.3. The number of amides is 2. The summed E-state index contributed by atoms with van der Waals surface area (Å²) in [5, 5.41) is 22.3. The van der Waals surface area contributed by atoms with Crippen molar-refractivity contribution in [2.45, 2.75) is 24.7 Å². The Morgan fingerprint density at radius 2 is 1.64 bits per heavy atom. The molecule has 0 saturated heterocycles. The van der Waals surface area contributed by atoms with Gasteiger partial charge in [-0.2, -0.15) is 28.5 Å². The van der Waals surface area contributed by atoms with Gasteiger partial charge < -0.3 is 31.5 Å².